The molecule has 1 saturated heterocycles. The lowest BCUT2D eigenvalue weighted by Crippen LogP contribution is -2.38. The van der Waals surface area contributed by atoms with Crippen LogP contribution in [0.15, 0.2) is 24.3 Å². The Labute approximate surface area is 115 Å². The fourth-order valence-electron chi connectivity index (χ4n) is 2.32. The minimum Gasteiger partial charge on any atom is -0.492 e. The van der Waals surface area contributed by atoms with Gasteiger partial charge in [0, 0.05) is 18.7 Å². The molecule has 0 aliphatic carbocycles. The summed E-state index contributed by atoms with van der Waals surface area (Å²) >= 11 is 0. The van der Waals surface area contributed by atoms with Gasteiger partial charge in [-0.25, -0.2) is 0 Å². The van der Waals surface area contributed by atoms with Gasteiger partial charge in [0.1, 0.15) is 18.4 Å². The van der Waals surface area contributed by atoms with E-state index in [1.807, 2.05) is 4.90 Å². The zero-order chi connectivity index (χ0) is 14.5. The molecule has 1 heterocycles. The number of carbonyl (C=O) groups is 1. The van der Waals surface area contributed by atoms with E-state index in [2.05, 4.69) is 0 Å². The van der Waals surface area contributed by atoms with E-state index in [-0.39, 0.29) is 5.69 Å². The van der Waals surface area contributed by atoms with Crippen molar-refractivity contribution in [3.63, 3.8) is 0 Å². The Morgan fingerprint density at radius 2 is 2.15 bits per heavy atom. The monoisotopic (exact) mass is 280 g/mol. The molecule has 1 aliphatic heterocycles. The van der Waals surface area contributed by atoms with E-state index >= 15 is 0 Å². The number of benzene rings is 1. The first-order valence-electron chi connectivity index (χ1n) is 6.42. The van der Waals surface area contributed by atoms with Gasteiger partial charge >= 0.3 is 5.97 Å². The predicted molar refractivity (Wildman–Crippen MR) is 70.8 cm³/mol. The lowest BCUT2D eigenvalue weighted by Gasteiger charge is -2.20. The minimum absolute atomic E-state index is 0.0165. The van der Waals surface area contributed by atoms with E-state index in [1.165, 1.54) is 24.3 Å². The number of rotatable bonds is 6. The van der Waals surface area contributed by atoms with Gasteiger partial charge in [0.25, 0.3) is 5.69 Å². The molecule has 108 valence electrons. The molecule has 1 atom stereocenters. The molecule has 0 aromatic heterocycles. The number of nitro groups is 1. The van der Waals surface area contributed by atoms with Crippen molar-refractivity contribution in [2.45, 2.75) is 18.9 Å². The number of likely N-dealkylation sites (tertiary alicyclic amines) is 1. The van der Waals surface area contributed by atoms with Crippen molar-refractivity contribution < 1.29 is 19.6 Å². The first-order chi connectivity index (χ1) is 9.58. The molecule has 1 aromatic rings. The lowest BCUT2D eigenvalue weighted by atomic mass is 10.2. The van der Waals surface area contributed by atoms with Crippen LogP contribution in [-0.2, 0) is 4.79 Å². The van der Waals surface area contributed by atoms with Crippen molar-refractivity contribution in [1.82, 2.24) is 4.90 Å². The van der Waals surface area contributed by atoms with Crippen molar-refractivity contribution in [2.75, 3.05) is 19.7 Å². The number of carboxylic acid groups (broad SMARTS) is 1. The SMILES string of the molecule is O=C(O)[C@H]1CCCN1CCOc1ccc([N+](=O)[O-])cc1. The summed E-state index contributed by atoms with van der Waals surface area (Å²) in [6.45, 7) is 1.66. The molecule has 0 saturated carbocycles. The number of carboxylic acids is 1. The molecule has 7 heteroatoms. The van der Waals surface area contributed by atoms with Crippen LogP contribution in [0, 0.1) is 10.1 Å². The number of hydrogen-bond donors (Lipinski definition) is 1. The molecule has 1 aliphatic rings. The Kier molecular flexibility index (Phi) is 4.52. The number of aliphatic carboxylic acids is 1. The van der Waals surface area contributed by atoms with Gasteiger partial charge < -0.3 is 9.84 Å². The first kappa shape index (κ1) is 14.3. The van der Waals surface area contributed by atoms with Crippen LogP contribution >= 0.6 is 0 Å². The normalized spacial score (nSPS) is 18.9. The zero-order valence-electron chi connectivity index (χ0n) is 10.9. The van der Waals surface area contributed by atoms with Gasteiger partial charge in [-0.2, -0.15) is 0 Å². The van der Waals surface area contributed by atoms with E-state index < -0.39 is 16.9 Å². The second kappa shape index (κ2) is 6.33. The molecule has 0 bridgehead atoms. The fourth-order valence-corrected chi connectivity index (χ4v) is 2.32. The van der Waals surface area contributed by atoms with Gasteiger partial charge in [-0.3, -0.25) is 19.8 Å². The number of nitrogens with zero attached hydrogens (tertiary/aromatic N) is 2. The Morgan fingerprint density at radius 1 is 1.45 bits per heavy atom. The van der Waals surface area contributed by atoms with Crippen LogP contribution in [0.4, 0.5) is 5.69 Å². The average molecular weight is 280 g/mol. The van der Waals surface area contributed by atoms with E-state index in [0.29, 0.717) is 25.3 Å². The highest BCUT2D eigenvalue weighted by molar-refractivity contribution is 5.73. The third-order valence-corrected chi connectivity index (χ3v) is 3.34. The minimum atomic E-state index is -0.794. The molecular formula is C13H16N2O5. The second-order valence-electron chi connectivity index (χ2n) is 4.63. The zero-order valence-corrected chi connectivity index (χ0v) is 10.9. The van der Waals surface area contributed by atoms with Crippen molar-refractivity contribution in [2.24, 2.45) is 0 Å². The van der Waals surface area contributed by atoms with Crippen LogP contribution in [0.25, 0.3) is 0 Å². The summed E-state index contributed by atoms with van der Waals surface area (Å²) < 4.78 is 5.47. The van der Waals surface area contributed by atoms with E-state index in [1.54, 1.807) is 0 Å². The van der Waals surface area contributed by atoms with Crippen LogP contribution in [0.5, 0.6) is 5.75 Å². The van der Waals surface area contributed by atoms with E-state index in [4.69, 9.17) is 9.84 Å². The topological polar surface area (TPSA) is 92.9 Å². The summed E-state index contributed by atoms with van der Waals surface area (Å²) in [4.78, 5) is 22.9. The standard InChI is InChI=1S/C13H16N2O5/c16-13(17)12-2-1-7-14(12)8-9-20-11-5-3-10(4-6-11)15(18)19/h3-6,12H,1-2,7-9H2,(H,16,17)/t12-/m1/s1. The molecule has 2 rings (SSSR count). The van der Waals surface area contributed by atoms with Gasteiger partial charge in [-0.1, -0.05) is 0 Å². The van der Waals surface area contributed by atoms with Crippen LogP contribution in [0.2, 0.25) is 0 Å². The molecule has 1 aromatic carbocycles. The van der Waals surface area contributed by atoms with E-state index in [0.717, 1.165) is 13.0 Å². The summed E-state index contributed by atoms with van der Waals surface area (Å²) in [6.07, 6.45) is 1.56. The molecule has 0 unspecified atom stereocenters. The fraction of sp³-hybridized carbons (Fsp3) is 0.462. The average Bonchev–Trinajstić information content (AvgIpc) is 2.88. The maximum atomic E-state index is 11.0. The number of non-ortho nitro benzene ring substituents is 1. The predicted octanol–water partition coefficient (Wildman–Crippen LogP) is 1.52. The molecule has 1 N–H and O–H groups in total. The van der Waals surface area contributed by atoms with Gasteiger partial charge in [0.15, 0.2) is 0 Å². The van der Waals surface area contributed by atoms with Crippen LogP contribution in [0.3, 0.4) is 0 Å². The molecule has 0 amide bonds. The molecule has 7 nitrogen and oxygen atoms in total. The highest BCUT2D eigenvalue weighted by Crippen LogP contribution is 2.19. The first-order valence-corrected chi connectivity index (χ1v) is 6.42. The van der Waals surface area contributed by atoms with Gasteiger partial charge in [-0.05, 0) is 31.5 Å². The van der Waals surface area contributed by atoms with Crippen LogP contribution < -0.4 is 4.74 Å². The number of ether oxygens (including phenoxy) is 1. The molecule has 20 heavy (non-hydrogen) atoms. The molecular weight excluding hydrogens is 264 g/mol. The molecule has 0 radical (unpaired) electrons. The largest absolute Gasteiger partial charge is 0.492 e. The number of hydrogen-bond acceptors (Lipinski definition) is 5. The summed E-state index contributed by atoms with van der Waals surface area (Å²) in [5.74, 6) is -0.250. The van der Waals surface area contributed by atoms with Gasteiger partial charge in [0.2, 0.25) is 0 Å². The lowest BCUT2D eigenvalue weighted by molar-refractivity contribution is -0.384. The highest BCUT2D eigenvalue weighted by atomic mass is 16.6. The van der Waals surface area contributed by atoms with Crippen molar-refractivity contribution >= 4 is 11.7 Å². The Balaban J connectivity index is 1.81. The summed E-state index contributed by atoms with van der Waals surface area (Å²) in [5.41, 5.74) is 0.0165. The third kappa shape index (κ3) is 3.45. The second-order valence-corrected chi connectivity index (χ2v) is 4.63. The quantitative estimate of drug-likeness (QED) is 0.627. The maximum absolute atomic E-state index is 11.0. The van der Waals surface area contributed by atoms with Crippen LogP contribution in [0.1, 0.15) is 12.8 Å². The van der Waals surface area contributed by atoms with Crippen LogP contribution in [-0.4, -0.2) is 46.6 Å². The van der Waals surface area contributed by atoms with Crippen molar-refractivity contribution in [3.05, 3.63) is 34.4 Å². The summed E-state index contributed by atoms with van der Waals surface area (Å²) in [7, 11) is 0. The number of nitro benzene ring substituents is 1. The van der Waals surface area contributed by atoms with Gasteiger partial charge in [0.05, 0.1) is 4.92 Å². The summed E-state index contributed by atoms with van der Waals surface area (Å²) in [5, 5.41) is 19.5. The Bertz CT molecular complexity index is 488. The van der Waals surface area contributed by atoms with E-state index in [9.17, 15) is 14.9 Å². The Hall–Kier alpha value is -2.15. The molecule has 1 fully saturated rings. The smallest absolute Gasteiger partial charge is 0.320 e. The highest BCUT2D eigenvalue weighted by Gasteiger charge is 2.29. The van der Waals surface area contributed by atoms with Crippen molar-refractivity contribution in [3.8, 4) is 5.75 Å². The maximum Gasteiger partial charge on any atom is 0.320 e. The molecule has 0 spiro atoms. The summed E-state index contributed by atoms with van der Waals surface area (Å²) in [6, 6.07) is 5.42. The Morgan fingerprint density at radius 3 is 2.75 bits per heavy atom. The third-order valence-electron chi connectivity index (χ3n) is 3.34. The van der Waals surface area contributed by atoms with Crippen molar-refractivity contribution in [1.29, 1.82) is 0 Å². The van der Waals surface area contributed by atoms with Gasteiger partial charge in [-0.15, -0.1) is 0 Å².